The predicted octanol–water partition coefficient (Wildman–Crippen LogP) is 3.96. The average molecular weight is 275 g/mol. The second-order valence-corrected chi connectivity index (χ2v) is 5.92. The molecule has 2 nitrogen and oxygen atoms in total. The van der Waals surface area contributed by atoms with Crippen LogP contribution in [0.3, 0.4) is 0 Å². The lowest BCUT2D eigenvalue weighted by Gasteiger charge is -2.29. The Balaban J connectivity index is 2.00. The Hall–Kier alpha value is -0.480. The van der Waals surface area contributed by atoms with Gasteiger partial charge in [-0.2, -0.15) is 11.8 Å². The summed E-state index contributed by atoms with van der Waals surface area (Å²) in [6.45, 7) is 0. The summed E-state index contributed by atoms with van der Waals surface area (Å²) in [5.74, 6) is -0.0510. The van der Waals surface area contributed by atoms with Crippen molar-refractivity contribution in [2.75, 3.05) is 11.6 Å². The van der Waals surface area contributed by atoms with Gasteiger partial charge in [0.15, 0.2) is 11.6 Å². The van der Waals surface area contributed by atoms with Gasteiger partial charge in [-0.05, 0) is 31.6 Å². The van der Waals surface area contributed by atoms with Gasteiger partial charge in [-0.1, -0.05) is 18.0 Å². The monoisotopic (exact) mass is 274 g/mol. The third-order valence-electron chi connectivity index (χ3n) is 3.11. The molecule has 0 bridgehead atoms. The maximum absolute atomic E-state index is 13.6. The van der Waals surface area contributed by atoms with Gasteiger partial charge < -0.3 is 5.32 Å². The van der Waals surface area contributed by atoms with Crippen molar-refractivity contribution in [2.45, 2.75) is 37.0 Å². The fourth-order valence-corrected chi connectivity index (χ4v) is 3.18. The smallest absolute Gasteiger partial charge is 0.166 e. The van der Waals surface area contributed by atoms with Gasteiger partial charge in [0.25, 0.3) is 0 Å². The van der Waals surface area contributed by atoms with Crippen molar-refractivity contribution in [2.24, 2.45) is 0 Å². The molecule has 1 aromatic rings. The average Bonchev–Trinajstić information content (AvgIpc) is 2.33. The number of rotatable bonds is 3. The first-order chi connectivity index (χ1) is 8.19. The minimum atomic E-state index is -0.372. The van der Waals surface area contributed by atoms with Crippen LogP contribution in [0.4, 0.5) is 10.2 Å². The number of pyridine rings is 1. The Morgan fingerprint density at radius 2 is 2.35 bits per heavy atom. The van der Waals surface area contributed by atoms with Crippen LogP contribution in [0.15, 0.2) is 12.3 Å². The van der Waals surface area contributed by atoms with Crippen LogP contribution < -0.4 is 5.32 Å². The van der Waals surface area contributed by atoms with Crippen LogP contribution in [0.2, 0.25) is 5.02 Å². The molecule has 1 saturated carbocycles. The number of anilines is 1. The highest BCUT2D eigenvalue weighted by molar-refractivity contribution is 7.99. The molecule has 1 aliphatic carbocycles. The van der Waals surface area contributed by atoms with E-state index in [0.717, 1.165) is 12.8 Å². The highest BCUT2D eigenvalue weighted by atomic mass is 35.5. The van der Waals surface area contributed by atoms with Crippen LogP contribution in [0, 0.1) is 5.82 Å². The molecule has 94 valence electrons. The standard InChI is InChI=1S/C12H16ClFN2S/c1-17-10-4-2-3-9(6-10)16-12-11(14)5-8(13)7-15-12/h5,7,9-10H,2-4,6H2,1H3,(H,15,16). The summed E-state index contributed by atoms with van der Waals surface area (Å²) in [6, 6.07) is 1.62. The maximum Gasteiger partial charge on any atom is 0.166 e. The second-order valence-electron chi connectivity index (χ2n) is 4.35. The van der Waals surface area contributed by atoms with E-state index in [1.807, 2.05) is 11.8 Å². The van der Waals surface area contributed by atoms with E-state index in [1.165, 1.54) is 25.1 Å². The molecule has 0 saturated heterocycles. The molecule has 1 N–H and O–H groups in total. The number of thioether (sulfide) groups is 1. The molecular formula is C12H16ClFN2S. The molecule has 1 heterocycles. The fourth-order valence-electron chi connectivity index (χ4n) is 2.20. The minimum Gasteiger partial charge on any atom is -0.365 e. The highest BCUT2D eigenvalue weighted by Gasteiger charge is 2.22. The third kappa shape index (κ3) is 3.49. The van der Waals surface area contributed by atoms with Crippen LogP contribution in [0.25, 0.3) is 0 Å². The van der Waals surface area contributed by atoms with Crippen LogP contribution in [0.5, 0.6) is 0 Å². The zero-order valence-electron chi connectivity index (χ0n) is 9.75. The summed E-state index contributed by atoms with van der Waals surface area (Å²) in [5.41, 5.74) is 0. The predicted molar refractivity (Wildman–Crippen MR) is 72.4 cm³/mol. The topological polar surface area (TPSA) is 24.9 Å². The summed E-state index contributed by atoms with van der Waals surface area (Å²) in [6.07, 6.45) is 8.22. The molecule has 17 heavy (non-hydrogen) atoms. The molecule has 2 unspecified atom stereocenters. The van der Waals surface area contributed by atoms with Crippen molar-refractivity contribution in [3.05, 3.63) is 23.1 Å². The molecular weight excluding hydrogens is 259 g/mol. The number of hydrogen-bond donors (Lipinski definition) is 1. The van der Waals surface area contributed by atoms with Crippen molar-refractivity contribution >= 4 is 29.2 Å². The number of hydrogen-bond acceptors (Lipinski definition) is 3. The Kier molecular flexibility index (Phi) is 4.51. The van der Waals surface area contributed by atoms with Gasteiger partial charge in [-0.25, -0.2) is 9.37 Å². The first-order valence-corrected chi connectivity index (χ1v) is 7.46. The van der Waals surface area contributed by atoms with Gasteiger partial charge in [-0.15, -0.1) is 0 Å². The van der Waals surface area contributed by atoms with E-state index in [4.69, 9.17) is 11.6 Å². The van der Waals surface area contributed by atoms with E-state index in [1.54, 1.807) is 0 Å². The molecule has 0 radical (unpaired) electrons. The molecule has 2 atom stereocenters. The van der Waals surface area contributed by atoms with Gasteiger partial charge in [0.05, 0.1) is 5.02 Å². The molecule has 0 aliphatic heterocycles. The van der Waals surface area contributed by atoms with Gasteiger partial charge in [0.1, 0.15) is 0 Å². The van der Waals surface area contributed by atoms with E-state index < -0.39 is 0 Å². The van der Waals surface area contributed by atoms with Gasteiger partial charge in [0, 0.05) is 17.5 Å². The largest absolute Gasteiger partial charge is 0.365 e. The molecule has 1 fully saturated rings. The van der Waals surface area contributed by atoms with Crippen LogP contribution in [-0.2, 0) is 0 Å². The minimum absolute atomic E-state index is 0.321. The Morgan fingerprint density at radius 3 is 3.06 bits per heavy atom. The number of nitrogens with one attached hydrogen (secondary N) is 1. The molecule has 0 aromatic carbocycles. The van der Waals surface area contributed by atoms with Crippen molar-refractivity contribution in [3.8, 4) is 0 Å². The van der Waals surface area contributed by atoms with Crippen LogP contribution in [-0.4, -0.2) is 22.5 Å². The van der Waals surface area contributed by atoms with Crippen molar-refractivity contribution < 1.29 is 4.39 Å². The fraction of sp³-hybridized carbons (Fsp3) is 0.583. The SMILES string of the molecule is CSC1CCCC(Nc2ncc(Cl)cc2F)C1. The highest BCUT2D eigenvalue weighted by Crippen LogP contribution is 2.29. The van der Waals surface area contributed by atoms with Gasteiger partial charge in [0.2, 0.25) is 0 Å². The summed E-state index contributed by atoms with van der Waals surface area (Å²) in [5, 5.41) is 4.19. The molecule has 0 amide bonds. The van der Waals surface area contributed by atoms with Crippen LogP contribution >= 0.6 is 23.4 Å². The van der Waals surface area contributed by atoms with E-state index in [0.29, 0.717) is 22.1 Å². The molecule has 0 spiro atoms. The van der Waals surface area contributed by atoms with Crippen molar-refractivity contribution in [3.63, 3.8) is 0 Å². The van der Waals surface area contributed by atoms with Gasteiger partial charge >= 0.3 is 0 Å². The number of nitrogens with zero attached hydrogens (tertiary/aromatic N) is 1. The van der Waals surface area contributed by atoms with Crippen molar-refractivity contribution in [1.82, 2.24) is 4.98 Å². The zero-order chi connectivity index (χ0) is 12.3. The normalized spacial score (nSPS) is 24.6. The maximum atomic E-state index is 13.6. The summed E-state index contributed by atoms with van der Waals surface area (Å²) >= 11 is 7.56. The zero-order valence-corrected chi connectivity index (χ0v) is 11.3. The summed E-state index contributed by atoms with van der Waals surface area (Å²) in [4.78, 5) is 4.00. The lowest BCUT2D eigenvalue weighted by molar-refractivity contribution is 0.470. The first kappa shape index (κ1) is 13.0. The van der Waals surface area contributed by atoms with E-state index in [-0.39, 0.29) is 5.82 Å². The number of halogens is 2. The molecule has 2 rings (SSSR count). The van der Waals surface area contributed by atoms with E-state index in [2.05, 4.69) is 16.6 Å². The van der Waals surface area contributed by atoms with Crippen LogP contribution in [0.1, 0.15) is 25.7 Å². The molecule has 1 aromatic heterocycles. The van der Waals surface area contributed by atoms with Gasteiger partial charge in [-0.3, -0.25) is 0 Å². The van der Waals surface area contributed by atoms with Crippen molar-refractivity contribution in [1.29, 1.82) is 0 Å². The lowest BCUT2D eigenvalue weighted by Crippen LogP contribution is -2.29. The summed E-state index contributed by atoms with van der Waals surface area (Å²) in [7, 11) is 0. The quantitative estimate of drug-likeness (QED) is 0.903. The molecule has 1 aliphatic rings. The van der Waals surface area contributed by atoms with E-state index >= 15 is 0 Å². The van der Waals surface area contributed by atoms with E-state index in [9.17, 15) is 4.39 Å². The Morgan fingerprint density at radius 1 is 1.53 bits per heavy atom. The summed E-state index contributed by atoms with van der Waals surface area (Å²) < 4.78 is 13.6. The first-order valence-electron chi connectivity index (χ1n) is 5.79. The lowest BCUT2D eigenvalue weighted by atomic mass is 9.95. The number of aromatic nitrogens is 1. The Bertz CT molecular complexity index is 389. The Labute approximate surface area is 110 Å². The second kappa shape index (κ2) is 5.91. The third-order valence-corrected chi connectivity index (χ3v) is 4.41. The molecule has 5 heteroatoms.